The second-order valence-electron chi connectivity index (χ2n) is 5.47. The predicted molar refractivity (Wildman–Crippen MR) is 80.5 cm³/mol. The number of nitrogens with zero attached hydrogens (tertiary/aromatic N) is 5. The molecule has 0 spiro atoms. The maximum Gasteiger partial charge on any atom is 0.233 e. The molecule has 126 valence electrons. The molecule has 1 aliphatic heterocycles. The summed E-state index contributed by atoms with van der Waals surface area (Å²) < 4.78 is 9.55. The molecule has 8 heteroatoms. The van der Waals surface area contributed by atoms with Crippen LogP contribution in [0.25, 0.3) is 16.8 Å². The van der Waals surface area contributed by atoms with Crippen LogP contribution in [0.5, 0.6) is 0 Å². The fraction of sp³-hybridized carbons (Fsp3) is 0.467. The van der Waals surface area contributed by atoms with Crippen LogP contribution in [0.1, 0.15) is 5.82 Å². The van der Waals surface area contributed by atoms with E-state index >= 15 is 0 Å². The number of hydrogen-bond donors (Lipinski definition) is 0. The van der Waals surface area contributed by atoms with Crippen LogP contribution in [0.2, 0.25) is 0 Å². The summed E-state index contributed by atoms with van der Waals surface area (Å²) in [5.41, 5.74) is 2.07. The number of para-hydroxylation sites is 2. The maximum atomic E-state index is 5.39. The van der Waals surface area contributed by atoms with Crippen molar-refractivity contribution in [3.05, 3.63) is 30.1 Å². The number of morpholine rings is 1. The lowest BCUT2D eigenvalue weighted by Crippen LogP contribution is -3.00. The molecule has 0 atom stereocenters. The predicted octanol–water partition coefficient (Wildman–Crippen LogP) is -4.67. The molecular formula is C15H19Cl2N5O-2. The van der Waals surface area contributed by atoms with Gasteiger partial charge < -0.3 is 29.6 Å². The van der Waals surface area contributed by atoms with Crippen LogP contribution in [0.15, 0.2) is 24.3 Å². The average Bonchev–Trinajstić information content (AvgIpc) is 3.01. The SMILES string of the molecule is Cc1nn2c3ccccc3nc2n1CCN1CCOCC1.[Cl-].[Cl-]. The number of imidazole rings is 1. The second kappa shape index (κ2) is 7.49. The largest absolute Gasteiger partial charge is 1.00 e. The first-order chi connectivity index (χ1) is 10.3. The Morgan fingerprint density at radius 1 is 1.09 bits per heavy atom. The molecule has 1 fully saturated rings. The highest BCUT2D eigenvalue weighted by atomic mass is 35.5. The van der Waals surface area contributed by atoms with Gasteiger partial charge in [0, 0.05) is 26.2 Å². The summed E-state index contributed by atoms with van der Waals surface area (Å²) in [6, 6.07) is 8.14. The lowest BCUT2D eigenvalue weighted by atomic mass is 10.3. The van der Waals surface area contributed by atoms with Crippen molar-refractivity contribution < 1.29 is 29.6 Å². The summed E-state index contributed by atoms with van der Waals surface area (Å²) in [6.07, 6.45) is 0. The van der Waals surface area contributed by atoms with E-state index in [1.165, 1.54) is 0 Å². The van der Waals surface area contributed by atoms with E-state index in [9.17, 15) is 0 Å². The Hall–Kier alpha value is -1.34. The van der Waals surface area contributed by atoms with Crippen LogP contribution < -0.4 is 24.8 Å². The molecule has 1 aromatic carbocycles. The summed E-state index contributed by atoms with van der Waals surface area (Å²) >= 11 is 0. The molecule has 0 N–H and O–H groups in total. The van der Waals surface area contributed by atoms with E-state index in [2.05, 4.69) is 20.6 Å². The van der Waals surface area contributed by atoms with Gasteiger partial charge in [-0.3, -0.25) is 9.47 Å². The molecule has 0 radical (unpaired) electrons. The zero-order valence-electron chi connectivity index (χ0n) is 13.0. The third-order valence-corrected chi connectivity index (χ3v) is 4.14. The summed E-state index contributed by atoms with van der Waals surface area (Å²) in [5, 5.41) is 4.64. The molecule has 0 aliphatic carbocycles. The fourth-order valence-corrected chi connectivity index (χ4v) is 2.95. The molecule has 0 unspecified atom stereocenters. The topological polar surface area (TPSA) is 47.6 Å². The average molecular weight is 356 g/mol. The Bertz CT molecular complexity index is 779. The Morgan fingerprint density at radius 2 is 1.83 bits per heavy atom. The standard InChI is InChI=1S/C15H19N5O.2ClH/c1-12-17-20-14-5-3-2-4-13(14)16-15(20)19(12)7-6-18-8-10-21-11-9-18;;/h2-5H,6-11H2,1H3;2*1H/p-2. The fourth-order valence-electron chi connectivity index (χ4n) is 2.95. The van der Waals surface area contributed by atoms with Crippen LogP contribution >= 0.6 is 0 Å². The molecule has 0 bridgehead atoms. The van der Waals surface area contributed by atoms with Crippen molar-refractivity contribution in [3.8, 4) is 0 Å². The van der Waals surface area contributed by atoms with Crippen molar-refractivity contribution in [1.82, 2.24) is 24.1 Å². The Kier molecular flexibility index (Phi) is 5.86. The number of aromatic nitrogens is 4. The zero-order valence-corrected chi connectivity index (χ0v) is 14.5. The van der Waals surface area contributed by atoms with Gasteiger partial charge in [0.1, 0.15) is 5.82 Å². The van der Waals surface area contributed by atoms with Crippen molar-refractivity contribution in [2.24, 2.45) is 0 Å². The molecule has 0 saturated carbocycles. The monoisotopic (exact) mass is 355 g/mol. The molecule has 1 saturated heterocycles. The van der Waals surface area contributed by atoms with E-state index in [0.717, 1.165) is 62.0 Å². The summed E-state index contributed by atoms with van der Waals surface area (Å²) in [7, 11) is 0. The van der Waals surface area contributed by atoms with Gasteiger partial charge in [-0.1, -0.05) is 12.1 Å². The van der Waals surface area contributed by atoms with E-state index in [4.69, 9.17) is 9.72 Å². The van der Waals surface area contributed by atoms with Gasteiger partial charge in [-0.15, -0.1) is 0 Å². The highest BCUT2D eigenvalue weighted by Crippen LogP contribution is 2.17. The smallest absolute Gasteiger partial charge is 0.233 e. The molecule has 1 aliphatic rings. The lowest BCUT2D eigenvalue weighted by molar-refractivity contribution is -0.00100. The van der Waals surface area contributed by atoms with Gasteiger partial charge in [0.05, 0.1) is 24.2 Å². The summed E-state index contributed by atoms with van der Waals surface area (Å²) in [4.78, 5) is 7.15. The highest BCUT2D eigenvalue weighted by molar-refractivity contribution is 5.78. The van der Waals surface area contributed by atoms with Crippen LogP contribution in [0, 0.1) is 6.92 Å². The third-order valence-electron chi connectivity index (χ3n) is 4.14. The number of ether oxygens (including phenoxy) is 1. The molecular weight excluding hydrogens is 337 g/mol. The second-order valence-corrected chi connectivity index (χ2v) is 5.47. The number of halogens is 2. The minimum atomic E-state index is 0. The minimum Gasteiger partial charge on any atom is -1.00 e. The van der Waals surface area contributed by atoms with Crippen LogP contribution in [-0.2, 0) is 11.3 Å². The lowest BCUT2D eigenvalue weighted by Gasteiger charge is -2.26. The van der Waals surface area contributed by atoms with E-state index in [-0.39, 0.29) is 24.8 Å². The van der Waals surface area contributed by atoms with Crippen molar-refractivity contribution in [2.75, 3.05) is 32.8 Å². The van der Waals surface area contributed by atoms with Crippen LogP contribution in [0.3, 0.4) is 0 Å². The van der Waals surface area contributed by atoms with Gasteiger partial charge in [-0.2, -0.15) is 9.61 Å². The number of fused-ring (bicyclic) bond motifs is 3. The first-order valence-corrected chi connectivity index (χ1v) is 7.43. The molecule has 0 amide bonds. The van der Waals surface area contributed by atoms with Crippen LogP contribution in [-0.4, -0.2) is 56.9 Å². The van der Waals surface area contributed by atoms with Gasteiger partial charge in [-0.25, -0.2) is 4.98 Å². The van der Waals surface area contributed by atoms with E-state index in [1.807, 2.05) is 29.6 Å². The highest BCUT2D eigenvalue weighted by Gasteiger charge is 2.15. The van der Waals surface area contributed by atoms with E-state index in [1.54, 1.807) is 0 Å². The van der Waals surface area contributed by atoms with E-state index in [0.29, 0.717) is 0 Å². The molecule has 6 nitrogen and oxygen atoms in total. The quantitative estimate of drug-likeness (QED) is 0.474. The summed E-state index contributed by atoms with van der Waals surface area (Å²) in [6.45, 7) is 7.68. The summed E-state index contributed by atoms with van der Waals surface area (Å²) in [5.74, 6) is 1.94. The normalized spacial score (nSPS) is 15.5. The first kappa shape index (κ1) is 18.0. The van der Waals surface area contributed by atoms with Gasteiger partial charge >= 0.3 is 0 Å². The molecule has 2 aromatic heterocycles. The van der Waals surface area contributed by atoms with Crippen LogP contribution in [0.4, 0.5) is 0 Å². The molecule has 3 heterocycles. The Balaban J connectivity index is 0.000000960. The molecule has 3 aromatic rings. The van der Waals surface area contributed by atoms with Gasteiger partial charge in [0.2, 0.25) is 5.78 Å². The van der Waals surface area contributed by atoms with Crippen molar-refractivity contribution in [3.63, 3.8) is 0 Å². The van der Waals surface area contributed by atoms with Gasteiger partial charge in [-0.05, 0) is 19.1 Å². The van der Waals surface area contributed by atoms with Crippen molar-refractivity contribution in [2.45, 2.75) is 13.5 Å². The number of benzene rings is 1. The molecule has 4 rings (SSSR count). The third kappa shape index (κ3) is 3.30. The zero-order chi connectivity index (χ0) is 14.2. The molecule has 23 heavy (non-hydrogen) atoms. The van der Waals surface area contributed by atoms with E-state index < -0.39 is 0 Å². The van der Waals surface area contributed by atoms with Gasteiger partial charge in [0.15, 0.2) is 0 Å². The Labute approximate surface area is 147 Å². The first-order valence-electron chi connectivity index (χ1n) is 7.43. The Morgan fingerprint density at radius 3 is 2.61 bits per heavy atom. The number of hydrogen-bond acceptors (Lipinski definition) is 4. The number of rotatable bonds is 3. The van der Waals surface area contributed by atoms with Crippen molar-refractivity contribution in [1.29, 1.82) is 0 Å². The van der Waals surface area contributed by atoms with Gasteiger partial charge in [0.25, 0.3) is 0 Å². The number of aryl methyl sites for hydroxylation is 1. The minimum absolute atomic E-state index is 0. The van der Waals surface area contributed by atoms with Crippen molar-refractivity contribution >= 4 is 16.8 Å². The maximum absolute atomic E-state index is 5.39.